The Morgan fingerprint density at radius 1 is 1.30 bits per heavy atom. The molecule has 0 bridgehead atoms. The van der Waals surface area contributed by atoms with E-state index >= 15 is 0 Å². The molecule has 112 valence electrons. The number of carboxylic acid groups (broad SMARTS) is 1. The molecule has 0 fully saturated rings. The van der Waals surface area contributed by atoms with Gasteiger partial charge in [-0.2, -0.15) is 0 Å². The highest BCUT2D eigenvalue weighted by Crippen LogP contribution is 2.11. The van der Waals surface area contributed by atoms with Crippen LogP contribution < -0.4 is 10.6 Å². The van der Waals surface area contributed by atoms with Gasteiger partial charge in [0.15, 0.2) is 0 Å². The van der Waals surface area contributed by atoms with Crippen molar-refractivity contribution in [3.05, 3.63) is 22.4 Å². The Hall–Kier alpha value is -1.56. The SMILES string of the molecule is CC(Cc1cccs1)NC(=O)NC(CC(=O)O)C(C)C. The van der Waals surface area contributed by atoms with Crippen LogP contribution in [0.5, 0.6) is 0 Å². The van der Waals surface area contributed by atoms with Gasteiger partial charge in [-0.1, -0.05) is 19.9 Å². The minimum Gasteiger partial charge on any atom is -0.481 e. The number of carbonyl (C=O) groups is 2. The number of aliphatic carboxylic acids is 1. The van der Waals surface area contributed by atoms with E-state index in [1.807, 2.05) is 38.3 Å². The van der Waals surface area contributed by atoms with Crippen molar-refractivity contribution < 1.29 is 14.7 Å². The fourth-order valence-corrected chi connectivity index (χ4v) is 2.69. The van der Waals surface area contributed by atoms with Crippen molar-refractivity contribution >= 4 is 23.3 Å². The van der Waals surface area contributed by atoms with Gasteiger partial charge in [0, 0.05) is 23.4 Å². The van der Waals surface area contributed by atoms with Gasteiger partial charge in [0.1, 0.15) is 0 Å². The van der Waals surface area contributed by atoms with Gasteiger partial charge in [-0.25, -0.2) is 4.79 Å². The Labute approximate surface area is 123 Å². The van der Waals surface area contributed by atoms with Crippen LogP contribution in [0.3, 0.4) is 0 Å². The first-order chi connectivity index (χ1) is 9.38. The summed E-state index contributed by atoms with van der Waals surface area (Å²) < 4.78 is 0. The number of hydrogen-bond acceptors (Lipinski definition) is 3. The van der Waals surface area contributed by atoms with Crippen LogP contribution in [0, 0.1) is 5.92 Å². The molecule has 0 aromatic carbocycles. The second-order valence-electron chi connectivity index (χ2n) is 5.25. The Morgan fingerprint density at radius 2 is 2.00 bits per heavy atom. The largest absolute Gasteiger partial charge is 0.481 e. The van der Waals surface area contributed by atoms with Crippen LogP contribution in [0.2, 0.25) is 0 Å². The Bertz CT molecular complexity index is 432. The molecule has 0 aliphatic heterocycles. The number of carboxylic acids is 1. The third-order valence-corrected chi connectivity index (χ3v) is 3.88. The van der Waals surface area contributed by atoms with Gasteiger partial charge in [0.05, 0.1) is 6.42 Å². The molecule has 0 aliphatic rings. The summed E-state index contributed by atoms with van der Waals surface area (Å²) in [6, 6.07) is 3.35. The monoisotopic (exact) mass is 298 g/mol. The molecule has 0 saturated carbocycles. The minimum atomic E-state index is -0.907. The van der Waals surface area contributed by atoms with E-state index in [9.17, 15) is 9.59 Å². The summed E-state index contributed by atoms with van der Waals surface area (Å²) in [5.74, 6) is -0.833. The van der Waals surface area contributed by atoms with Crippen LogP contribution in [-0.4, -0.2) is 29.2 Å². The van der Waals surface area contributed by atoms with E-state index in [-0.39, 0.29) is 30.5 Å². The predicted octanol–water partition coefficient (Wildman–Crippen LogP) is 2.48. The third-order valence-electron chi connectivity index (χ3n) is 2.98. The van der Waals surface area contributed by atoms with E-state index in [1.54, 1.807) is 11.3 Å². The normalized spacial score (nSPS) is 13.8. The first-order valence-corrected chi connectivity index (χ1v) is 7.57. The number of hydrogen-bond donors (Lipinski definition) is 3. The van der Waals surface area contributed by atoms with E-state index in [1.165, 1.54) is 4.88 Å². The lowest BCUT2D eigenvalue weighted by Gasteiger charge is -2.22. The van der Waals surface area contributed by atoms with Crippen LogP contribution in [0.25, 0.3) is 0 Å². The lowest BCUT2D eigenvalue weighted by molar-refractivity contribution is -0.137. The van der Waals surface area contributed by atoms with Crippen molar-refractivity contribution in [3.63, 3.8) is 0 Å². The Balaban J connectivity index is 2.42. The van der Waals surface area contributed by atoms with Crippen molar-refractivity contribution in [1.29, 1.82) is 0 Å². The van der Waals surface area contributed by atoms with Crippen LogP contribution in [0.15, 0.2) is 17.5 Å². The van der Waals surface area contributed by atoms with Crippen LogP contribution in [-0.2, 0) is 11.2 Å². The summed E-state index contributed by atoms with van der Waals surface area (Å²) in [7, 11) is 0. The lowest BCUT2D eigenvalue weighted by atomic mass is 10.0. The fourth-order valence-electron chi connectivity index (χ4n) is 1.86. The molecule has 20 heavy (non-hydrogen) atoms. The zero-order valence-corrected chi connectivity index (χ0v) is 12.9. The molecule has 2 unspecified atom stereocenters. The third kappa shape index (κ3) is 6.06. The lowest BCUT2D eigenvalue weighted by Crippen LogP contribution is -2.48. The van der Waals surface area contributed by atoms with E-state index in [2.05, 4.69) is 10.6 Å². The molecule has 2 amide bonds. The summed E-state index contributed by atoms with van der Waals surface area (Å²) in [4.78, 5) is 23.8. The highest BCUT2D eigenvalue weighted by Gasteiger charge is 2.20. The minimum absolute atomic E-state index is 0.00582. The van der Waals surface area contributed by atoms with E-state index in [4.69, 9.17) is 5.11 Å². The topological polar surface area (TPSA) is 78.4 Å². The standard InChI is InChI=1S/C14H22N2O3S/c1-9(2)12(8-13(17)18)16-14(19)15-10(3)7-11-5-4-6-20-11/h4-6,9-10,12H,7-8H2,1-3H3,(H,17,18)(H2,15,16,19). The van der Waals surface area contributed by atoms with Gasteiger partial charge in [-0.3, -0.25) is 4.79 Å². The fraction of sp³-hybridized carbons (Fsp3) is 0.571. The molecule has 5 nitrogen and oxygen atoms in total. The van der Waals surface area contributed by atoms with Gasteiger partial charge < -0.3 is 15.7 Å². The molecule has 1 aromatic rings. The molecule has 1 heterocycles. The summed E-state index contributed by atoms with van der Waals surface area (Å²) in [5.41, 5.74) is 0. The van der Waals surface area contributed by atoms with Gasteiger partial charge in [-0.05, 0) is 24.3 Å². The maximum Gasteiger partial charge on any atom is 0.315 e. The van der Waals surface area contributed by atoms with Crippen LogP contribution in [0.4, 0.5) is 4.79 Å². The van der Waals surface area contributed by atoms with Crippen molar-refractivity contribution in [3.8, 4) is 0 Å². The summed E-state index contributed by atoms with van der Waals surface area (Å²) in [5, 5.41) is 16.4. The van der Waals surface area contributed by atoms with Crippen molar-refractivity contribution in [2.45, 2.75) is 45.7 Å². The molecule has 3 N–H and O–H groups in total. The number of thiophene rings is 1. The second kappa shape index (κ2) is 7.89. The van der Waals surface area contributed by atoms with Gasteiger partial charge in [-0.15, -0.1) is 11.3 Å². The van der Waals surface area contributed by atoms with E-state index in [0.29, 0.717) is 0 Å². The van der Waals surface area contributed by atoms with Crippen molar-refractivity contribution in [2.75, 3.05) is 0 Å². The zero-order chi connectivity index (χ0) is 15.1. The number of amides is 2. The first kappa shape index (κ1) is 16.5. The van der Waals surface area contributed by atoms with Crippen LogP contribution in [0.1, 0.15) is 32.1 Å². The molecular weight excluding hydrogens is 276 g/mol. The predicted molar refractivity (Wildman–Crippen MR) is 80.0 cm³/mol. The summed E-state index contributed by atoms with van der Waals surface area (Å²) >= 11 is 1.66. The second-order valence-corrected chi connectivity index (χ2v) is 6.28. The molecule has 6 heteroatoms. The molecule has 0 saturated heterocycles. The number of carbonyl (C=O) groups excluding carboxylic acids is 1. The quantitative estimate of drug-likeness (QED) is 0.723. The number of urea groups is 1. The average Bonchev–Trinajstić information content (AvgIpc) is 2.79. The number of rotatable bonds is 7. The molecule has 0 radical (unpaired) electrons. The first-order valence-electron chi connectivity index (χ1n) is 6.69. The van der Waals surface area contributed by atoms with E-state index in [0.717, 1.165) is 6.42 Å². The van der Waals surface area contributed by atoms with Gasteiger partial charge >= 0.3 is 12.0 Å². The average molecular weight is 298 g/mol. The maximum absolute atomic E-state index is 11.9. The molecule has 0 spiro atoms. The smallest absolute Gasteiger partial charge is 0.315 e. The molecular formula is C14H22N2O3S. The molecule has 0 aliphatic carbocycles. The number of nitrogens with one attached hydrogen (secondary N) is 2. The summed E-state index contributed by atoms with van der Waals surface area (Å²) in [6.07, 6.45) is 0.709. The highest BCUT2D eigenvalue weighted by atomic mass is 32.1. The van der Waals surface area contributed by atoms with Crippen LogP contribution >= 0.6 is 11.3 Å². The maximum atomic E-state index is 11.9. The van der Waals surface area contributed by atoms with Crippen molar-refractivity contribution in [2.24, 2.45) is 5.92 Å². The zero-order valence-electron chi connectivity index (χ0n) is 12.1. The highest BCUT2D eigenvalue weighted by molar-refractivity contribution is 7.09. The van der Waals surface area contributed by atoms with E-state index < -0.39 is 5.97 Å². The van der Waals surface area contributed by atoms with Gasteiger partial charge in [0.2, 0.25) is 0 Å². The van der Waals surface area contributed by atoms with Crippen molar-refractivity contribution in [1.82, 2.24) is 10.6 Å². The molecule has 1 aromatic heterocycles. The summed E-state index contributed by atoms with van der Waals surface area (Å²) in [6.45, 7) is 5.72. The van der Waals surface area contributed by atoms with Gasteiger partial charge in [0.25, 0.3) is 0 Å². The molecule has 2 atom stereocenters. The Kier molecular flexibility index (Phi) is 6.51. The Morgan fingerprint density at radius 3 is 2.50 bits per heavy atom. The molecule has 1 rings (SSSR count).